The molecule has 1 aromatic rings. The summed E-state index contributed by atoms with van der Waals surface area (Å²) in [5.41, 5.74) is 0.575. The molecule has 2 heterocycles. The van der Waals surface area contributed by atoms with Crippen LogP contribution in [0, 0.1) is 0 Å². The van der Waals surface area contributed by atoms with E-state index in [0.29, 0.717) is 23.9 Å². The van der Waals surface area contributed by atoms with Crippen LogP contribution in [0.4, 0.5) is 0 Å². The lowest BCUT2D eigenvalue weighted by atomic mass is 10.2. The lowest BCUT2D eigenvalue weighted by Gasteiger charge is -2.13. The molecule has 1 aliphatic rings. The van der Waals surface area contributed by atoms with Gasteiger partial charge in [0.1, 0.15) is 0 Å². The molecule has 0 radical (unpaired) electrons. The minimum Gasteiger partial charge on any atom is -0.357 e. The Morgan fingerprint density at radius 1 is 1.39 bits per heavy atom. The first kappa shape index (κ1) is 17.6. The summed E-state index contributed by atoms with van der Waals surface area (Å²) in [6.45, 7) is 4.89. The number of hydrogen-bond donors (Lipinski definition) is 3. The molecular formula is C16H25N5OS. The van der Waals surface area contributed by atoms with Gasteiger partial charge in [0.05, 0.1) is 12.1 Å². The van der Waals surface area contributed by atoms with Gasteiger partial charge in [0.25, 0.3) is 5.91 Å². The predicted octanol–water partition coefficient (Wildman–Crippen LogP) is 1.26. The van der Waals surface area contributed by atoms with Crippen LogP contribution >= 0.6 is 11.8 Å². The second-order valence-corrected chi connectivity index (χ2v) is 6.69. The number of aromatic nitrogens is 1. The van der Waals surface area contributed by atoms with Crippen LogP contribution in [-0.2, 0) is 0 Å². The predicted molar refractivity (Wildman–Crippen MR) is 96.0 cm³/mol. The minimum absolute atomic E-state index is 0.107. The van der Waals surface area contributed by atoms with Crippen LogP contribution in [0.3, 0.4) is 0 Å². The van der Waals surface area contributed by atoms with Gasteiger partial charge < -0.3 is 16.0 Å². The van der Waals surface area contributed by atoms with Crippen molar-refractivity contribution in [1.82, 2.24) is 20.9 Å². The molecule has 0 spiro atoms. The molecule has 0 aliphatic carbocycles. The molecule has 1 amide bonds. The van der Waals surface area contributed by atoms with E-state index in [1.54, 1.807) is 24.5 Å². The van der Waals surface area contributed by atoms with Gasteiger partial charge in [-0.2, -0.15) is 11.8 Å². The average Bonchev–Trinajstić information content (AvgIpc) is 3.10. The van der Waals surface area contributed by atoms with Crippen molar-refractivity contribution < 1.29 is 4.79 Å². The molecule has 6 nitrogen and oxygen atoms in total. The minimum atomic E-state index is -0.107. The lowest BCUT2D eigenvalue weighted by Crippen LogP contribution is -2.41. The Morgan fingerprint density at radius 3 is 2.96 bits per heavy atom. The first-order valence-electron chi connectivity index (χ1n) is 8.11. The number of amides is 1. The van der Waals surface area contributed by atoms with Gasteiger partial charge in [0.15, 0.2) is 5.96 Å². The maximum absolute atomic E-state index is 11.9. The van der Waals surface area contributed by atoms with Gasteiger partial charge in [-0.3, -0.25) is 14.8 Å². The molecule has 1 atom stereocenters. The molecule has 0 bridgehead atoms. The van der Waals surface area contributed by atoms with Crippen molar-refractivity contribution in [2.24, 2.45) is 4.99 Å². The number of nitrogens with zero attached hydrogens (tertiary/aromatic N) is 2. The van der Waals surface area contributed by atoms with Crippen LogP contribution in [0.2, 0.25) is 0 Å². The SMILES string of the molecule is CCNC(=NCC1CCCS1)NCCNC(=O)c1cccnc1. The Balaban J connectivity index is 1.69. The van der Waals surface area contributed by atoms with E-state index in [9.17, 15) is 4.79 Å². The van der Waals surface area contributed by atoms with Gasteiger partial charge in [-0.05, 0) is 37.7 Å². The second-order valence-electron chi connectivity index (χ2n) is 5.28. The molecule has 126 valence electrons. The van der Waals surface area contributed by atoms with Crippen molar-refractivity contribution in [3.63, 3.8) is 0 Å². The van der Waals surface area contributed by atoms with Gasteiger partial charge in [-0.1, -0.05) is 0 Å². The summed E-state index contributed by atoms with van der Waals surface area (Å²) in [5, 5.41) is 10.00. The zero-order chi connectivity index (χ0) is 16.3. The highest BCUT2D eigenvalue weighted by Crippen LogP contribution is 2.25. The molecule has 2 rings (SSSR count). The largest absolute Gasteiger partial charge is 0.357 e. The fourth-order valence-corrected chi connectivity index (χ4v) is 3.46. The van der Waals surface area contributed by atoms with E-state index in [4.69, 9.17) is 0 Å². The fourth-order valence-electron chi connectivity index (χ4n) is 2.28. The van der Waals surface area contributed by atoms with E-state index >= 15 is 0 Å². The zero-order valence-corrected chi connectivity index (χ0v) is 14.4. The molecule has 1 aromatic heterocycles. The number of pyridine rings is 1. The summed E-state index contributed by atoms with van der Waals surface area (Å²) in [7, 11) is 0. The molecule has 23 heavy (non-hydrogen) atoms. The fraction of sp³-hybridized carbons (Fsp3) is 0.562. The second kappa shape index (κ2) is 10.1. The van der Waals surface area contributed by atoms with Crippen molar-refractivity contribution >= 4 is 23.6 Å². The average molecular weight is 335 g/mol. The van der Waals surface area contributed by atoms with Gasteiger partial charge >= 0.3 is 0 Å². The number of nitrogens with one attached hydrogen (secondary N) is 3. The Kier molecular flexibility index (Phi) is 7.72. The van der Waals surface area contributed by atoms with E-state index in [1.807, 2.05) is 18.7 Å². The highest BCUT2D eigenvalue weighted by molar-refractivity contribution is 8.00. The van der Waals surface area contributed by atoms with Gasteiger partial charge in [-0.15, -0.1) is 0 Å². The molecule has 0 aromatic carbocycles. The molecule has 1 aliphatic heterocycles. The van der Waals surface area contributed by atoms with Crippen LogP contribution in [0.15, 0.2) is 29.5 Å². The highest BCUT2D eigenvalue weighted by Gasteiger charge is 2.14. The first-order valence-corrected chi connectivity index (χ1v) is 9.16. The molecule has 7 heteroatoms. The quantitative estimate of drug-likeness (QED) is 0.397. The van der Waals surface area contributed by atoms with Gasteiger partial charge in [0, 0.05) is 37.3 Å². The van der Waals surface area contributed by atoms with E-state index in [-0.39, 0.29) is 5.91 Å². The van der Waals surface area contributed by atoms with Crippen molar-refractivity contribution in [2.45, 2.75) is 25.0 Å². The van der Waals surface area contributed by atoms with Gasteiger partial charge in [-0.25, -0.2) is 0 Å². The third-order valence-corrected chi connectivity index (χ3v) is 4.83. The summed E-state index contributed by atoms with van der Waals surface area (Å²) in [6.07, 6.45) is 5.78. The number of rotatable bonds is 7. The standard InChI is InChI=1S/C16H25N5OS/c1-2-18-16(21-12-14-6-4-10-23-14)20-9-8-19-15(22)13-5-3-7-17-11-13/h3,5,7,11,14H,2,4,6,8-10,12H2,1H3,(H,19,22)(H2,18,20,21). The van der Waals surface area contributed by atoms with Crippen LogP contribution in [0.5, 0.6) is 0 Å². The molecule has 3 N–H and O–H groups in total. The van der Waals surface area contributed by atoms with Crippen molar-refractivity contribution in [1.29, 1.82) is 0 Å². The highest BCUT2D eigenvalue weighted by atomic mass is 32.2. The topological polar surface area (TPSA) is 78.4 Å². The summed E-state index contributed by atoms with van der Waals surface area (Å²) in [6, 6.07) is 3.50. The van der Waals surface area contributed by atoms with Crippen molar-refractivity contribution in [3.8, 4) is 0 Å². The summed E-state index contributed by atoms with van der Waals surface area (Å²) in [5.74, 6) is 1.96. The van der Waals surface area contributed by atoms with Crippen LogP contribution in [0.1, 0.15) is 30.1 Å². The van der Waals surface area contributed by atoms with Crippen molar-refractivity contribution in [2.75, 3.05) is 31.9 Å². The molecular weight excluding hydrogens is 310 g/mol. The molecule has 1 fully saturated rings. The number of aliphatic imine (C=N–C) groups is 1. The van der Waals surface area contributed by atoms with E-state index in [0.717, 1.165) is 19.0 Å². The maximum Gasteiger partial charge on any atom is 0.252 e. The van der Waals surface area contributed by atoms with Gasteiger partial charge in [0.2, 0.25) is 0 Å². The Labute approximate surface area is 141 Å². The smallest absolute Gasteiger partial charge is 0.252 e. The van der Waals surface area contributed by atoms with Crippen LogP contribution in [0.25, 0.3) is 0 Å². The zero-order valence-electron chi connectivity index (χ0n) is 13.5. The first-order chi connectivity index (χ1) is 11.3. The summed E-state index contributed by atoms with van der Waals surface area (Å²) < 4.78 is 0. The number of carbonyl (C=O) groups is 1. The summed E-state index contributed by atoms with van der Waals surface area (Å²) in [4.78, 5) is 20.4. The van der Waals surface area contributed by atoms with E-state index in [1.165, 1.54) is 18.6 Å². The third-order valence-electron chi connectivity index (χ3n) is 3.45. The van der Waals surface area contributed by atoms with Crippen molar-refractivity contribution in [3.05, 3.63) is 30.1 Å². The maximum atomic E-state index is 11.9. The monoisotopic (exact) mass is 335 g/mol. The Morgan fingerprint density at radius 2 is 2.26 bits per heavy atom. The number of carbonyl (C=O) groups excluding carboxylic acids is 1. The lowest BCUT2D eigenvalue weighted by molar-refractivity contribution is 0.0954. The number of hydrogen-bond acceptors (Lipinski definition) is 4. The van der Waals surface area contributed by atoms with E-state index in [2.05, 4.69) is 25.9 Å². The Hall–Kier alpha value is -1.76. The summed E-state index contributed by atoms with van der Waals surface area (Å²) >= 11 is 2.01. The number of guanidine groups is 1. The van der Waals surface area contributed by atoms with Crippen LogP contribution in [-0.4, -0.2) is 54.0 Å². The third kappa shape index (κ3) is 6.48. The molecule has 0 saturated carbocycles. The van der Waals surface area contributed by atoms with E-state index < -0.39 is 0 Å². The molecule has 1 unspecified atom stereocenters. The Bertz CT molecular complexity index is 502. The van der Waals surface area contributed by atoms with Crippen LogP contribution < -0.4 is 16.0 Å². The molecule has 1 saturated heterocycles. The number of thioether (sulfide) groups is 1. The normalized spacial score (nSPS) is 17.8.